The average molecular weight is 480 g/mol. The molecule has 0 saturated heterocycles. The molecule has 5 nitrogen and oxygen atoms in total. The van der Waals surface area contributed by atoms with E-state index in [2.05, 4.69) is 5.73 Å². The lowest BCUT2D eigenvalue weighted by molar-refractivity contribution is 0.537. The normalized spacial score (nSPS) is 14.4. The molecule has 1 aliphatic rings. The van der Waals surface area contributed by atoms with Crippen molar-refractivity contribution in [2.75, 3.05) is 0 Å². The second kappa shape index (κ2) is 9.79. The Morgan fingerprint density at radius 3 is 1.58 bits per heavy atom. The highest BCUT2D eigenvalue weighted by molar-refractivity contribution is 8.04. The zero-order valence-corrected chi connectivity index (χ0v) is 19.7. The fraction of sp³-hybridized carbons (Fsp3) is 0.192. The maximum Gasteiger partial charge on any atom is 0.277 e. The average Bonchev–Trinajstić information content (AvgIpc) is 3.38. The van der Waals surface area contributed by atoms with E-state index in [0.717, 1.165) is 43.0 Å². The number of nitrogens with zero attached hydrogens (tertiary/aromatic N) is 1. The molecular formula is C26H25NO4S2. The molecule has 4 rings (SSSR count). The Bertz CT molecular complexity index is 1290. The van der Waals surface area contributed by atoms with Crippen LogP contribution in [0.1, 0.15) is 31.2 Å². The third-order valence-corrected chi connectivity index (χ3v) is 9.80. The number of sulfonamides is 2. The minimum atomic E-state index is -4.39. The summed E-state index contributed by atoms with van der Waals surface area (Å²) < 4.78 is 54.4. The Kier molecular flexibility index (Phi) is 6.84. The quantitative estimate of drug-likeness (QED) is 0.422. The largest absolute Gasteiger partial charge is 0.277 e. The van der Waals surface area contributed by atoms with Gasteiger partial charge in [-0.1, -0.05) is 85.3 Å². The third kappa shape index (κ3) is 4.96. The lowest BCUT2D eigenvalue weighted by Crippen LogP contribution is -2.32. The highest BCUT2D eigenvalue weighted by Crippen LogP contribution is 2.36. The SMILES string of the molecule is O=S(=O)(c1ccccc1)N(C=C=C(c1ccccc1)C1CCCC1)S(=O)(=O)c1ccccc1. The van der Waals surface area contributed by atoms with Gasteiger partial charge in [0, 0.05) is 5.57 Å². The number of hydrogen-bond acceptors (Lipinski definition) is 4. The maximum atomic E-state index is 13.5. The summed E-state index contributed by atoms with van der Waals surface area (Å²) in [4.78, 5) is -0.214. The molecule has 0 radical (unpaired) electrons. The molecular weight excluding hydrogens is 454 g/mol. The number of hydrogen-bond donors (Lipinski definition) is 0. The summed E-state index contributed by atoms with van der Waals surface area (Å²) in [6.07, 6.45) is 5.16. The minimum Gasteiger partial charge on any atom is -0.200 e. The van der Waals surface area contributed by atoms with Gasteiger partial charge in [-0.2, -0.15) is 3.71 Å². The van der Waals surface area contributed by atoms with Crippen molar-refractivity contribution in [2.24, 2.45) is 5.92 Å². The molecule has 0 bridgehead atoms. The van der Waals surface area contributed by atoms with Gasteiger partial charge in [-0.05, 0) is 48.6 Å². The third-order valence-electron chi connectivity index (χ3n) is 5.73. The number of rotatable bonds is 7. The zero-order valence-electron chi connectivity index (χ0n) is 18.0. The fourth-order valence-corrected chi connectivity index (χ4v) is 7.40. The molecule has 0 N–H and O–H groups in total. The van der Waals surface area contributed by atoms with E-state index in [4.69, 9.17) is 0 Å². The lowest BCUT2D eigenvalue weighted by atomic mass is 9.92. The molecule has 0 atom stereocenters. The van der Waals surface area contributed by atoms with Crippen molar-refractivity contribution in [3.63, 3.8) is 0 Å². The van der Waals surface area contributed by atoms with E-state index < -0.39 is 20.0 Å². The Labute approximate surface area is 195 Å². The first-order chi connectivity index (χ1) is 15.9. The smallest absolute Gasteiger partial charge is 0.200 e. The van der Waals surface area contributed by atoms with Crippen LogP contribution in [0.5, 0.6) is 0 Å². The topological polar surface area (TPSA) is 71.5 Å². The molecule has 1 fully saturated rings. The summed E-state index contributed by atoms with van der Waals surface area (Å²) in [5.41, 5.74) is 4.82. The van der Waals surface area contributed by atoms with Crippen LogP contribution in [0.2, 0.25) is 0 Å². The highest BCUT2D eigenvalue weighted by Gasteiger charge is 2.34. The van der Waals surface area contributed by atoms with Gasteiger partial charge in [0.2, 0.25) is 0 Å². The van der Waals surface area contributed by atoms with Gasteiger partial charge in [0.05, 0.1) is 16.0 Å². The van der Waals surface area contributed by atoms with Crippen molar-refractivity contribution in [3.8, 4) is 0 Å². The highest BCUT2D eigenvalue weighted by atomic mass is 32.3. The van der Waals surface area contributed by atoms with E-state index in [9.17, 15) is 16.8 Å². The minimum absolute atomic E-state index is 0.107. The van der Waals surface area contributed by atoms with Gasteiger partial charge in [0.15, 0.2) is 0 Å². The van der Waals surface area contributed by atoms with Crippen molar-refractivity contribution in [1.29, 1.82) is 0 Å². The van der Waals surface area contributed by atoms with Crippen LogP contribution in [-0.2, 0) is 20.0 Å². The molecule has 170 valence electrons. The van der Waals surface area contributed by atoms with E-state index in [0.29, 0.717) is 3.71 Å². The standard InChI is InChI=1S/C26H25NO4S2/c28-32(29,24-16-6-2-7-17-24)27(33(30,31)25-18-8-3-9-19-25)21-20-26(23-14-10-11-15-23)22-12-4-1-5-13-22/h1-9,12-13,16-19,21,23H,10-11,14-15H2. The fourth-order valence-electron chi connectivity index (χ4n) is 4.05. The molecule has 0 heterocycles. The van der Waals surface area contributed by atoms with Crippen molar-refractivity contribution >= 4 is 25.6 Å². The van der Waals surface area contributed by atoms with E-state index in [1.807, 2.05) is 30.3 Å². The molecule has 1 saturated carbocycles. The van der Waals surface area contributed by atoms with E-state index in [-0.39, 0.29) is 15.7 Å². The summed E-state index contributed by atoms with van der Waals surface area (Å²) in [5.74, 6) is 0.198. The van der Waals surface area contributed by atoms with Crippen LogP contribution in [0.25, 0.3) is 5.57 Å². The molecule has 0 spiro atoms. The van der Waals surface area contributed by atoms with E-state index in [1.165, 1.54) is 24.3 Å². The molecule has 0 aromatic heterocycles. The van der Waals surface area contributed by atoms with Gasteiger partial charge in [0.25, 0.3) is 20.0 Å². The van der Waals surface area contributed by atoms with Gasteiger partial charge >= 0.3 is 0 Å². The van der Waals surface area contributed by atoms with Crippen LogP contribution >= 0.6 is 0 Å². The van der Waals surface area contributed by atoms with E-state index >= 15 is 0 Å². The molecule has 3 aromatic rings. The van der Waals surface area contributed by atoms with Crippen molar-refractivity contribution < 1.29 is 16.8 Å². The molecule has 3 aromatic carbocycles. The first kappa shape index (κ1) is 23.1. The molecule has 7 heteroatoms. The van der Waals surface area contributed by atoms with Crippen molar-refractivity contribution in [3.05, 3.63) is 108 Å². The Balaban J connectivity index is 1.92. The summed E-state index contributed by atoms with van der Waals surface area (Å²) >= 11 is 0. The number of allylic oxidation sites excluding steroid dienone is 1. The van der Waals surface area contributed by atoms with Crippen LogP contribution in [0.4, 0.5) is 0 Å². The Hall–Kier alpha value is -3.12. The zero-order chi connectivity index (χ0) is 23.3. The predicted molar refractivity (Wildman–Crippen MR) is 129 cm³/mol. The summed E-state index contributed by atoms with van der Waals surface area (Å²) in [5, 5.41) is 0. The van der Waals surface area contributed by atoms with Gasteiger partial charge < -0.3 is 0 Å². The molecule has 33 heavy (non-hydrogen) atoms. The Morgan fingerprint density at radius 1 is 0.697 bits per heavy atom. The predicted octanol–water partition coefficient (Wildman–Crippen LogP) is 5.45. The van der Waals surface area contributed by atoms with Gasteiger partial charge in [0.1, 0.15) is 0 Å². The molecule has 1 aliphatic carbocycles. The summed E-state index contributed by atoms with van der Waals surface area (Å²) in [6.45, 7) is 0. The van der Waals surface area contributed by atoms with Gasteiger partial charge in [-0.3, -0.25) is 0 Å². The molecule has 0 aliphatic heterocycles. The van der Waals surface area contributed by atoms with Crippen LogP contribution in [0, 0.1) is 5.92 Å². The lowest BCUT2D eigenvalue weighted by Gasteiger charge is -2.20. The summed E-state index contributed by atoms with van der Waals surface area (Å²) in [6, 6.07) is 24.8. The van der Waals surface area contributed by atoms with Crippen LogP contribution in [-0.4, -0.2) is 20.5 Å². The van der Waals surface area contributed by atoms with Crippen LogP contribution in [0.15, 0.2) is 113 Å². The van der Waals surface area contributed by atoms with Crippen molar-refractivity contribution in [2.45, 2.75) is 35.5 Å². The maximum absolute atomic E-state index is 13.5. The van der Waals surface area contributed by atoms with E-state index in [1.54, 1.807) is 36.4 Å². The van der Waals surface area contributed by atoms with Crippen LogP contribution in [0.3, 0.4) is 0 Å². The van der Waals surface area contributed by atoms with Crippen LogP contribution < -0.4 is 0 Å². The molecule has 0 unspecified atom stereocenters. The summed E-state index contributed by atoms with van der Waals surface area (Å²) in [7, 11) is -8.79. The molecule has 0 amide bonds. The second-order valence-electron chi connectivity index (χ2n) is 7.90. The first-order valence-electron chi connectivity index (χ1n) is 10.8. The Morgan fingerprint density at radius 2 is 1.12 bits per heavy atom. The monoisotopic (exact) mass is 479 g/mol. The number of benzene rings is 3. The second-order valence-corrected chi connectivity index (χ2v) is 11.8. The van der Waals surface area contributed by atoms with Gasteiger partial charge in [-0.25, -0.2) is 16.8 Å². The van der Waals surface area contributed by atoms with Gasteiger partial charge in [-0.15, -0.1) is 0 Å². The van der Waals surface area contributed by atoms with Crippen molar-refractivity contribution in [1.82, 2.24) is 3.71 Å². The first-order valence-corrected chi connectivity index (χ1v) is 13.7.